The van der Waals surface area contributed by atoms with E-state index in [9.17, 15) is 5.11 Å². The van der Waals surface area contributed by atoms with Gasteiger partial charge in [-0.05, 0) is 42.3 Å². The van der Waals surface area contributed by atoms with Crippen molar-refractivity contribution in [1.82, 2.24) is 0 Å². The number of phenolic OH excluding ortho intramolecular Hbond substituents is 1. The Morgan fingerprint density at radius 1 is 0.923 bits per heavy atom. The van der Waals surface area contributed by atoms with Crippen LogP contribution in [-0.4, -0.2) is 5.11 Å². The summed E-state index contributed by atoms with van der Waals surface area (Å²) >= 11 is 0. The molecule has 0 aliphatic rings. The highest BCUT2D eigenvalue weighted by Crippen LogP contribution is 2.24. The van der Waals surface area contributed by atoms with Crippen LogP contribution in [-0.2, 0) is 0 Å². The molecular weight excluding hydrogens is 160 g/mol. The maximum atomic E-state index is 9.51. The molecule has 13 heavy (non-hydrogen) atoms. The van der Waals surface area contributed by atoms with Gasteiger partial charge in [0.25, 0.3) is 0 Å². The van der Waals surface area contributed by atoms with Gasteiger partial charge in [0.1, 0.15) is 5.75 Å². The SMILES string of the molecule is Cc1ccc2cc(C)c(O)cc2c1. The van der Waals surface area contributed by atoms with Gasteiger partial charge in [0.05, 0.1) is 0 Å². The highest BCUT2D eigenvalue weighted by atomic mass is 16.3. The molecule has 0 radical (unpaired) electrons. The third-order valence-electron chi connectivity index (χ3n) is 2.31. The van der Waals surface area contributed by atoms with Gasteiger partial charge in [-0.15, -0.1) is 0 Å². The highest BCUT2D eigenvalue weighted by Gasteiger charge is 1.99. The van der Waals surface area contributed by atoms with Gasteiger partial charge in [-0.2, -0.15) is 0 Å². The third kappa shape index (κ3) is 1.37. The van der Waals surface area contributed by atoms with E-state index in [4.69, 9.17) is 0 Å². The first-order valence-corrected chi connectivity index (χ1v) is 4.37. The van der Waals surface area contributed by atoms with Crippen LogP contribution in [0, 0.1) is 13.8 Å². The standard InChI is InChI=1S/C12H12O/c1-8-3-4-10-6-9(2)12(13)7-11(10)5-8/h3-7,13H,1-2H3. The second-order valence-corrected chi connectivity index (χ2v) is 3.49. The van der Waals surface area contributed by atoms with Crippen LogP contribution in [0.25, 0.3) is 10.8 Å². The molecular formula is C12H12O. The summed E-state index contributed by atoms with van der Waals surface area (Å²) in [6.07, 6.45) is 0. The Bertz CT molecular complexity index is 458. The van der Waals surface area contributed by atoms with Crippen LogP contribution in [0.3, 0.4) is 0 Å². The summed E-state index contributed by atoms with van der Waals surface area (Å²) in [5, 5.41) is 11.8. The van der Waals surface area contributed by atoms with Gasteiger partial charge < -0.3 is 5.11 Å². The largest absolute Gasteiger partial charge is 0.508 e. The number of phenols is 1. The zero-order valence-corrected chi connectivity index (χ0v) is 7.83. The number of aryl methyl sites for hydroxylation is 2. The van der Waals surface area contributed by atoms with Crippen molar-refractivity contribution < 1.29 is 5.11 Å². The topological polar surface area (TPSA) is 20.2 Å². The lowest BCUT2D eigenvalue weighted by molar-refractivity contribution is 0.472. The number of hydrogen-bond acceptors (Lipinski definition) is 1. The van der Waals surface area contributed by atoms with Crippen LogP contribution in [0.4, 0.5) is 0 Å². The summed E-state index contributed by atoms with van der Waals surface area (Å²) in [4.78, 5) is 0. The van der Waals surface area contributed by atoms with E-state index in [1.165, 1.54) is 10.9 Å². The predicted octanol–water partition coefficient (Wildman–Crippen LogP) is 3.16. The fraction of sp³-hybridized carbons (Fsp3) is 0.167. The Labute approximate surface area is 77.6 Å². The van der Waals surface area contributed by atoms with E-state index in [0.29, 0.717) is 5.75 Å². The predicted molar refractivity (Wildman–Crippen MR) is 55.1 cm³/mol. The van der Waals surface area contributed by atoms with Gasteiger partial charge in [-0.25, -0.2) is 0 Å². The molecule has 0 fully saturated rings. The number of hydrogen-bond donors (Lipinski definition) is 1. The van der Waals surface area contributed by atoms with E-state index >= 15 is 0 Å². The molecule has 2 aromatic rings. The molecule has 0 atom stereocenters. The van der Waals surface area contributed by atoms with Gasteiger partial charge in [-0.3, -0.25) is 0 Å². The van der Waals surface area contributed by atoms with E-state index in [0.717, 1.165) is 10.9 Å². The van der Waals surface area contributed by atoms with Crippen LogP contribution in [0.5, 0.6) is 5.75 Å². The van der Waals surface area contributed by atoms with E-state index in [1.54, 1.807) is 0 Å². The number of aromatic hydroxyl groups is 1. The fourth-order valence-electron chi connectivity index (χ4n) is 1.52. The molecule has 2 aromatic carbocycles. The molecule has 0 unspecified atom stereocenters. The van der Waals surface area contributed by atoms with Crippen molar-refractivity contribution in [1.29, 1.82) is 0 Å². The van der Waals surface area contributed by atoms with Gasteiger partial charge in [0.2, 0.25) is 0 Å². The smallest absolute Gasteiger partial charge is 0.119 e. The molecule has 0 amide bonds. The Kier molecular flexibility index (Phi) is 1.73. The second kappa shape index (κ2) is 2.77. The summed E-state index contributed by atoms with van der Waals surface area (Å²) in [6.45, 7) is 3.96. The van der Waals surface area contributed by atoms with Crippen molar-refractivity contribution >= 4 is 10.8 Å². The maximum absolute atomic E-state index is 9.51. The van der Waals surface area contributed by atoms with Gasteiger partial charge in [0, 0.05) is 0 Å². The zero-order valence-electron chi connectivity index (χ0n) is 7.83. The Hall–Kier alpha value is -1.50. The van der Waals surface area contributed by atoms with Crippen LogP contribution in [0.2, 0.25) is 0 Å². The molecule has 0 spiro atoms. The first kappa shape index (κ1) is 8.11. The second-order valence-electron chi connectivity index (χ2n) is 3.49. The minimum absolute atomic E-state index is 0.373. The first-order chi connectivity index (χ1) is 6.16. The lowest BCUT2D eigenvalue weighted by atomic mass is 10.0. The van der Waals surface area contributed by atoms with Crippen LogP contribution >= 0.6 is 0 Å². The normalized spacial score (nSPS) is 10.6. The van der Waals surface area contributed by atoms with Crippen molar-refractivity contribution in [3.63, 3.8) is 0 Å². The Balaban J connectivity index is 2.81. The van der Waals surface area contributed by atoms with Crippen molar-refractivity contribution in [2.45, 2.75) is 13.8 Å². The molecule has 0 aliphatic heterocycles. The van der Waals surface area contributed by atoms with Crippen molar-refractivity contribution in [3.05, 3.63) is 41.5 Å². The Morgan fingerprint density at radius 3 is 2.46 bits per heavy atom. The molecule has 0 aliphatic carbocycles. The zero-order chi connectivity index (χ0) is 9.42. The lowest BCUT2D eigenvalue weighted by Gasteiger charge is -2.03. The van der Waals surface area contributed by atoms with Crippen LogP contribution in [0.15, 0.2) is 30.3 Å². The molecule has 1 heteroatoms. The number of fused-ring (bicyclic) bond motifs is 1. The summed E-state index contributed by atoms with van der Waals surface area (Å²) in [7, 11) is 0. The first-order valence-electron chi connectivity index (χ1n) is 4.37. The molecule has 0 bridgehead atoms. The fourth-order valence-corrected chi connectivity index (χ4v) is 1.52. The van der Waals surface area contributed by atoms with Crippen LogP contribution < -0.4 is 0 Å². The lowest BCUT2D eigenvalue weighted by Crippen LogP contribution is -1.79. The van der Waals surface area contributed by atoms with E-state index < -0.39 is 0 Å². The summed E-state index contributed by atoms with van der Waals surface area (Å²) in [5.74, 6) is 0.373. The molecule has 2 rings (SSSR count). The van der Waals surface area contributed by atoms with Crippen LogP contribution in [0.1, 0.15) is 11.1 Å². The minimum Gasteiger partial charge on any atom is -0.508 e. The number of benzene rings is 2. The molecule has 66 valence electrons. The maximum Gasteiger partial charge on any atom is 0.119 e. The monoisotopic (exact) mass is 172 g/mol. The molecule has 1 nitrogen and oxygen atoms in total. The van der Waals surface area contributed by atoms with Gasteiger partial charge in [0.15, 0.2) is 0 Å². The van der Waals surface area contributed by atoms with E-state index in [1.807, 2.05) is 19.1 Å². The quantitative estimate of drug-likeness (QED) is 0.647. The van der Waals surface area contributed by atoms with Crippen molar-refractivity contribution in [3.8, 4) is 5.75 Å². The summed E-state index contributed by atoms with van der Waals surface area (Å²) in [6, 6.07) is 10.1. The number of rotatable bonds is 0. The third-order valence-corrected chi connectivity index (χ3v) is 2.31. The minimum atomic E-state index is 0.373. The molecule has 1 N–H and O–H groups in total. The van der Waals surface area contributed by atoms with Crippen molar-refractivity contribution in [2.75, 3.05) is 0 Å². The van der Waals surface area contributed by atoms with Gasteiger partial charge >= 0.3 is 0 Å². The van der Waals surface area contributed by atoms with Gasteiger partial charge in [-0.1, -0.05) is 23.8 Å². The summed E-state index contributed by atoms with van der Waals surface area (Å²) < 4.78 is 0. The Morgan fingerprint density at radius 2 is 1.69 bits per heavy atom. The van der Waals surface area contributed by atoms with E-state index in [2.05, 4.69) is 25.1 Å². The van der Waals surface area contributed by atoms with E-state index in [-0.39, 0.29) is 0 Å². The molecule has 0 saturated heterocycles. The molecule has 0 heterocycles. The summed E-state index contributed by atoms with van der Waals surface area (Å²) in [5.41, 5.74) is 2.15. The van der Waals surface area contributed by atoms with Crippen molar-refractivity contribution in [2.24, 2.45) is 0 Å². The highest BCUT2D eigenvalue weighted by molar-refractivity contribution is 5.85. The average Bonchev–Trinajstić information content (AvgIpc) is 2.08. The molecule has 0 saturated carbocycles. The molecule has 0 aromatic heterocycles. The average molecular weight is 172 g/mol.